The van der Waals surface area contributed by atoms with Gasteiger partial charge in [-0.25, -0.2) is 13.6 Å². The highest BCUT2D eigenvalue weighted by Crippen LogP contribution is 2.24. The van der Waals surface area contributed by atoms with Crippen LogP contribution in [-0.4, -0.2) is 66.1 Å². The number of benzene rings is 2. The van der Waals surface area contributed by atoms with Gasteiger partial charge in [0.2, 0.25) is 5.91 Å². The molecule has 1 aliphatic heterocycles. The van der Waals surface area contributed by atoms with Crippen LogP contribution in [0.25, 0.3) is 0 Å². The quantitative estimate of drug-likeness (QED) is 0.324. The number of nitrogens with zero attached hydrogens (tertiary/aromatic N) is 1. The number of carbonyl (C=O) groups excluding carboxylic acids is 2. The number of halogens is 2. The number of hydrogen-bond donors (Lipinski definition) is 3. The maximum Gasteiger partial charge on any atom is 0.411 e. The van der Waals surface area contributed by atoms with E-state index in [0.717, 1.165) is 35.1 Å². The van der Waals surface area contributed by atoms with Crippen molar-refractivity contribution in [2.45, 2.75) is 77.3 Å². The molecule has 1 saturated heterocycles. The molecule has 0 saturated carbocycles. The molecule has 0 spiro atoms. The molecule has 0 bridgehead atoms. The van der Waals surface area contributed by atoms with Gasteiger partial charge in [-0.1, -0.05) is 45.0 Å². The van der Waals surface area contributed by atoms with Crippen LogP contribution in [0.2, 0.25) is 0 Å². The molecule has 40 heavy (non-hydrogen) atoms. The van der Waals surface area contributed by atoms with Crippen LogP contribution in [0.15, 0.2) is 42.5 Å². The third-order valence-corrected chi connectivity index (χ3v) is 6.98. The van der Waals surface area contributed by atoms with E-state index >= 15 is 0 Å². The predicted molar refractivity (Wildman–Crippen MR) is 147 cm³/mol. The van der Waals surface area contributed by atoms with E-state index in [1.54, 1.807) is 0 Å². The van der Waals surface area contributed by atoms with Crippen molar-refractivity contribution in [1.82, 2.24) is 10.2 Å². The van der Waals surface area contributed by atoms with Gasteiger partial charge in [-0.2, -0.15) is 0 Å². The fourth-order valence-electron chi connectivity index (χ4n) is 4.97. The first kappa shape index (κ1) is 31.4. The lowest BCUT2D eigenvalue weighted by molar-refractivity contribution is -0.125. The van der Waals surface area contributed by atoms with Crippen LogP contribution < -0.4 is 11.1 Å². The molecule has 2 amide bonds. The standard InChI is InChI=1S/C30H41F2N3O5/c1-4-20-6-5-7-21(11-20)16-34-17-28(36)26(14-22-12-23(31)15-24(32)13-22)35(27(29(33)37)10-19(2)3)30(38)40-25-8-9-39-18-25/h5-7,11-13,15,19,25-28,34,36H,4,8-10,14,16-18H2,1-3H3,(H2,33,37)/t25-,26-,27+,28+/m0/s1. The molecule has 4 N–H and O–H groups in total. The van der Waals surface area contributed by atoms with Gasteiger partial charge in [-0.05, 0) is 54.0 Å². The molecule has 2 aromatic carbocycles. The van der Waals surface area contributed by atoms with Crippen molar-refractivity contribution in [1.29, 1.82) is 0 Å². The summed E-state index contributed by atoms with van der Waals surface area (Å²) in [5.41, 5.74) is 8.19. The zero-order valence-electron chi connectivity index (χ0n) is 23.4. The second-order valence-corrected chi connectivity index (χ2v) is 10.7. The Labute approximate surface area is 234 Å². The Kier molecular flexibility index (Phi) is 11.8. The predicted octanol–water partition coefficient (Wildman–Crippen LogP) is 3.72. The highest BCUT2D eigenvalue weighted by Gasteiger charge is 2.40. The van der Waals surface area contributed by atoms with E-state index in [0.29, 0.717) is 19.6 Å². The van der Waals surface area contributed by atoms with Crippen LogP contribution in [0.4, 0.5) is 13.6 Å². The molecule has 2 aromatic rings. The first-order chi connectivity index (χ1) is 19.1. The van der Waals surface area contributed by atoms with Crippen LogP contribution in [0.5, 0.6) is 0 Å². The number of nitrogens with two attached hydrogens (primary N) is 1. The molecular weight excluding hydrogens is 520 g/mol. The number of rotatable bonds is 14. The number of primary amides is 1. The Bertz CT molecular complexity index is 1110. The Morgan fingerprint density at radius 3 is 2.45 bits per heavy atom. The van der Waals surface area contributed by atoms with Crippen molar-refractivity contribution in [2.75, 3.05) is 19.8 Å². The minimum absolute atomic E-state index is 0.0301. The molecule has 8 nitrogen and oxygen atoms in total. The number of amides is 2. The van der Waals surface area contributed by atoms with E-state index in [1.165, 1.54) is 5.56 Å². The first-order valence-electron chi connectivity index (χ1n) is 13.8. The Morgan fingerprint density at radius 1 is 1.15 bits per heavy atom. The molecule has 0 unspecified atom stereocenters. The first-order valence-corrected chi connectivity index (χ1v) is 13.8. The smallest absolute Gasteiger partial charge is 0.411 e. The molecule has 1 heterocycles. The van der Waals surface area contributed by atoms with Crippen molar-refractivity contribution >= 4 is 12.0 Å². The van der Waals surface area contributed by atoms with Crippen LogP contribution >= 0.6 is 0 Å². The molecule has 0 aliphatic carbocycles. The number of nitrogens with one attached hydrogen (secondary N) is 1. The molecule has 1 aliphatic rings. The zero-order chi connectivity index (χ0) is 29.2. The number of carbonyl (C=O) groups is 2. The van der Waals surface area contributed by atoms with Crippen molar-refractivity contribution < 1.29 is 33.0 Å². The minimum Gasteiger partial charge on any atom is -0.444 e. The molecule has 10 heteroatoms. The molecule has 3 rings (SSSR count). The summed E-state index contributed by atoms with van der Waals surface area (Å²) in [5, 5.41) is 14.7. The molecular formula is C30H41F2N3O5. The summed E-state index contributed by atoms with van der Waals surface area (Å²) in [7, 11) is 0. The number of aliphatic hydroxyl groups is 1. The van der Waals surface area contributed by atoms with Gasteiger partial charge in [0.15, 0.2) is 0 Å². The Hall–Kier alpha value is -3.08. The number of aliphatic hydroxyl groups excluding tert-OH is 1. The van der Waals surface area contributed by atoms with E-state index in [4.69, 9.17) is 15.2 Å². The normalized spacial score (nSPS) is 17.4. The van der Waals surface area contributed by atoms with Crippen molar-refractivity contribution in [3.63, 3.8) is 0 Å². The van der Waals surface area contributed by atoms with E-state index < -0.39 is 47.9 Å². The third-order valence-electron chi connectivity index (χ3n) is 6.98. The molecule has 0 radical (unpaired) electrons. The van der Waals surface area contributed by atoms with E-state index in [2.05, 4.69) is 18.3 Å². The third kappa shape index (κ3) is 9.25. The second kappa shape index (κ2) is 15.1. The summed E-state index contributed by atoms with van der Waals surface area (Å²) in [4.78, 5) is 27.5. The molecule has 220 valence electrons. The van der Waals surface area contributed by atoms with Gasteiger partial charge < -0.3 is 25.6 Å². The van der Waals surface area contributed by atoms with Gasteiger partial charge in [0.1, 0.15) is 23.8 Å². The summed E-state index contributed by atoms with van der Waals surface area (Å²) in [6.07, 6.45) is -1.14. The highest BCUT2D eigenvalue weighted by atomic mass is 19.1. The average Bonchev–Trinajstić information content (AvgIpc) is 3.40. The van der Waals surface area contributed by atoms with E-state index in [9.17, 15) is 23.5 Å². The maximum absolute atomic E-state index is 14.1. The van der Waals surface area contributed by atoms with Crippen molar-refractivity contribution in [3.8, 4) is 0 Å². The van der Waals surface area contributed by atoms with Crippen LogP contribution in [0.3, 0.4) is 0 Å². The van der Waals surface area contributed by atoms with Crippen LogP contribution in [0, 0.1) is 17.6 Å². The van der Waals surface area contributed by atoms with Crippen molar-refractivity contribution in [3.05, 3.63) is 70.8 Å². The van der Waals surface area contributed by atoms with Gasteiger partial charge in [-0.15, -0.1) is 0 Å². The largest absolute Gasteiger partial charge is 0.444 e. The lowest BCUT2D eigenvalue weighted by atomic mass is 9.94. The van der Waals surface area contributed by atoms with Gasteiger partial charge in [0.25, 0.3) is 0 Å². The van der Waals surface area contributed by atoms with E-state index in [1.807, 2.05) is 32.0 Å². The summed E-state index contributed by atoms with van der Waals surface area (Å²) < 4.78 is 39.2. The number of aryl methyl sites for hydroxylation is 1. The second-order valence-electron chi connectivity index (χ2n) is 10.7. The average molecular weight is 562 g/mol. The monoisotopic (exact) mass is 561 g/mol. The SMILES string of the molecule is CCc1cccc(CNC[C@@H](O)[C@H](Cc2cc(F)cc(F)c2)N(C(=O)O[C@H]2CCOC2)[C@H](CC(C)C)C(N)=O)c1. The van der Waals surface area contributed by atoms with Crippen LogP contribution in [-0.2, 0) is 33.7 Å². The number of ether oxygens (including phenoxy) is 2. The fraction of sp³-hybridized carbons (Fsp3) is 0.533. The molecule has 1 fully saturated rings. The Morgan fingerprint density at radius 2 is 1.85 bits per heavy atom. The lowest BCUT2D eigenvalue weighted by Crippen LogP contribution is -2.59. The molecule has 0 aromatic heterocycles. The maximum atomic E-state index is 14.1. The van der Waals surface area contributed by atoms with Gasteiger partial charge in [0.05, 0.1) is 25.4 Å². The fourth-order valence-corrected chi connectivity index (χ4v) is 4.97. The Balaban J connectivity index is 1.93. The minimum atomic E-state index is -1.23. The summed E-state index contributed by atoms with van der Waals surface area (Å²) in [6, 6.07) is 8.85. The molecule has 4 atom stereocenters. The summed E-state index contributed by atoms with van der Waals surface area (Å²) >= 11 is 0. The zero-order valence-corrected chi connectivity index (χ0v) is 23.4. The van der Waals surface area contributed by atoms with Crippen molar-refractivity contribution in [2.24, 2.45) is 11.7 Å². The summed E-state index contributed by atoms with van der Waals surface area (Å²) in [5.74, 6) is -2.37. The van der Waals surface area contributed by atoms with Gasteiger partial charge in [0, 0.05) is 25.6 Å². The topological polar surface area (TPSA) is 114 Å². The van der Waals surface area contributed by atoms with E-state index in [-0.39, 0.29) is 37.5 Å². The highest BCUT2D eigenvalue weighted by molar-refractivity contribution is 5.84. The van der Waals surface area contributed by atoms with Gasteiger partial charge >= 0.3 is 6.09 Å². The lowest BCUT2D eigenvalue weighted by Gasteiger charge is -2.39. The van der Waals surface area contributed by atoms with Crippen LogP contribution in [0.1, 0.15) is 50.3 Å². The summed E-state index contributed by atoms with van der Waals surface area (Å²) in [6.45, 7) is 6.94. The number of hydrogen-bond acceptors (Lipinski definition) is 6. The van der Waals surface area contributed by atoms with Gasteiger partial charge in [-0.3, -0.25) is 9.69 Å².